The largest absolute Gasteiger partial charge is 0.450 e. The first-order valence-electron chi connectivity index (χ1n) is 5.78. The fourth-order valence-corrected chi connectivity index (χ4v) is 2.71. The monoisotopic (exact) mass is 399 g/mol. The summed E-state index contributed by atoms with van der Waals surface area (Å²) in [6.45, 7) is 1.97. The van der Waals surface area contributed by atoms with Gasteiger partial charge in [0.25, 0.3) is 0 Å². The lowest BCUT2D eigenvalue weighted by Crippen LogP contribution is -1.94. The first kappa shape index (κ1) is 15.0. The van der Waals surface area contributed by atoms with Crippen LogP contribution >= 0.6 is 31.9 Å². The minimum Gasteiger partial charge on any atom is -0.450 e. The third kappa shape index (κ3) is 3.37. The summed E-state index contributed by atoms with van der Waals surface area (Å²) in [5, 5.41) is 11.8. The maximum atomic E-state index is 11.0. The van der Waals surface area contributed by atoms with Crippen LogP contribution in [-0.2, 0) is 5.33 Å². The van der Waals surface area contributed by atoms with Gasteiger partial charge in [-0.1, -0.05) is 37.9 Å². The van der Waals surface area contributed by atoms with Gasteiger partial charge >= 0.3 is 5.69 Å². The van der Waals surface area contributed by atoms with E-state index in [-0.39, 0.29) is 11.4 Å². The lowest BCUT2D eigenvalue weighted by molar-refractivity contribution is -0.385. The van der Waals surface area contributed by atoms with E-state index in [0.29, 0.717) is 10.2 Å². The highest BCUT2D eigenvalue weighted by atomic mass is 79.9. The molecule has 2 aromatic rings. The number of halogens is 2. The SMILES string of the molecule is Cc1cc(Oc2ccc(Br)cc2[N+](=O)[O-])ccc1CBr. The van der Waals surface area contributed by atoms with Crippen LogP contribution in [-0.4, -0.2) is 4.92 Å². The van der Waals surface area contributed by atoms with E-state index in [1.54, 1.807) is 18.2 Å². The number of benzene rings is 2. The molecule has 0 saturated heterocycles. The number of nitrogens with zero attached hydrogens (tertiary/aromatic N) is 1. The summed E-state index contributed by atoms with van der Waals surface area (Å²) in [4.78, 5) is 10.6. The second kappa shape index (κ2) is 6.37. The molecule has 0 atom stereocenters. The van der Waals surface area contributed by atoms with Crippen molar-refractivity contribution in [2.24, 2.45) is 0 Å². The first-order valence-corrected chi connectivity index (χ1v) is 7.70. The van der Waals surface area contributed by atoms with Crippen LogP contribution in [0.5, 0.6) is 11.5 Å². The van der Waals surface area contributed by atoms with Crippen LogP contribution in [0.1, 0.15) is 11.1 Å². The Morgan fingerprint density at radius 3 is 2.60 bits per heavy atom. The molecule has 0 spiro atoms. The van der Waals surface area contributed by atoms with E-state index < -0.39 is 4.92 Å². The standard InChI is InChI=1S/C14H11Br2NO3/c1-9-6-12(4-2-10(9)8-15)20-14-5-3-11(16)7-13(14)17(18)19/h2-7H,8H2,1H3. The Morgan fingerprint density at radius 2 is 2.00 bits per heavy atom. The van der Waals surface area contributed by atoms with Gasteiger partial charge in [0.2, 0.25) is 5.75 Å². The number of nitro groups is 1. The van der Waals surface area contributed by atoms with Crippen molar-refractivity contribution in [2.45, 2.75) is 12.3 Å². The maximum Gasteiger partial charge on any atom is 0.312 e. The van der Waals surface area contributed by atoms with Gasteiger partial charge in [-0.3, -0.25) is 10.1 Å². The second-order valence-electron chi connectivity index (χ2n) is 4.19. The van der Waals surface area contributed by atoms with Crippen molar-refractivity contribution in [3.63, 3.8) is 0 Å². The molecule has 0 bridgehead atoms. The Hall–Kier alpha value is -1.40. The van der Waals surface area contributed by atoms with E-state index in [0.717, 1.165) is 16.5 Å². The molecule has 0 amide bonds. The van der Waals surface area contributed by atoms with Crippen LogP contribution in [0.2, 0.25) is 0 Å². The summed E-state index contributed by atoms with van der Waals surface area (Å²) in [6.07, 6.45) is 0. The minimum atomic E-state index is -0.459. The van der Waals surface area contributed by atoms with Gasteiger partial charge in [0.05, 0.1) is 4.92 Å². The highest BCUT2D eigenvalue weighted by Crippen LogP contribution is 2.34. The van der Waals surface area contributed by atoms with Gasteiger partial charge in [0.15, 0.2) is 0 Å². The second-order valence-corrected chi connectivity index (χ2v) is 5.67. The van der Waals surface area contributed by atoms with Gasteiger partial charge in [-0.05, 0) is 42.3 Å². The molecule has 104 valence electrons. The van der Waals surface area contributed by atoms with E-state index in [2.05, 4.69) is 31.9 Å². The average molecular weight is 401 g/mol. The zero-order valence-electron chi connectivity index (χ0n) is 10.6. The summed E-state index contributed by atoms with van der Waals surface area (Å²) >= 11 is 6.62. The summed E-state index contributed by atoms with van der Waals surface area (Å²) < 4.78 is 6.27. The fraction of sp³-hybridized carbons (Fsp3) is 0.143. The van der Waals surface area contributed by atoms with Crippen LogP contribution in [0.25, 0.3) is 0 Å². The Labute approximate surface area is 133 Å². The van der Waals surface area contributed by atoms with Crippen LogP contribution in [0.15, 0.2) is 40.9 Å². The first-order chi connectivity index (χ1) is 9.51. The van der Waals surface area contributed by atoms with Crippen molar-refractivity contribution in [1.82, 2.24) is 0 Å². The molecule has 0 aromatic heterocycles. The summed E-state index contributed by atoms with van der Waals surface area (Å²) in [7, 11) is 0. The lowest BCUT2D eigenvalue weighted by atomic mass is 10.1. The fourth-order valence-electron chi connectivity index (χ4n) is 1.73. The molecule has 0 aliphatic rings. The van der Waals surface area contributed by atoms with Crippen LogP contribution in [0.4, 0.5) is 5.69 Å². The van der Waals surface area contributed by atoms with Gasteiger partial charge in [-0.15, -0.1) is 0 Å². The van der Waals surface area contributed by atoms with E-state index in [9.17, 15) is 10.1 Å². The zero-order chi connectivity index (χ0) is 14.7. The smallest absolute Gasteiger partial charge is 0.312 e. The van der Waals surface area contributed by atoms with Gasteiger partial charge in [0.1, 0.15) is 5.75 Å². The van der Waals surface area contributed by atoms with Crippen molar-refractivity contribution in [3.8, 4) is 11.5 Å². The van der Waals surface area contributed by atoms with E-state index in [1.807, 2.05) is 19.1 Å². The van der Waals surface area contributed by atoms with Crippen LogP contribution in [0.3, 0.4) is 0 Å². The lowest BCUT2D eigenvalue weighted by Gasteiger charge is -2.09. The molecule has 20 heavy (non-hydrogen) atoms. The predicted octanol–water partition coefficient (Wildman–Crippen LogP) is 5.35. The summed E-state index contributed by atoms with van der Waals surface area (Å²) in [6, 6.07) is 10.3. The highest BCUT2D eigenvalue weighted by Gasteiger charge is 2.16. The average Bonchev–Trinajstić information content (AvgIpc) is 2.41. The molecule has 0 N–H and O–H groups in total. The van der Waals surface area contributed by atoms with E-state index in [1.165, 1.54) is 6.07 Å². The normalized spacial score (nSPS) is 10.3. The number of hydrogen-bond donors (Lipinski definition) is 0. The molecule has 6 heteroatoms. The summed E-state index contributed by atoms with van der Waals surface area (Å²) in [5.41, 5.74) is 2.16. The molecule has 0 aliphatic carbocycles. The molecule has 0 aliphatic heterocycles. The van der Waals surface area contributed by atoms with Crippen LogP contribution in [0, 0.1) is 17.0 Å². The predicted molar refractivity (Wildman–Crippen MR) is 84.7 cm³/mol. The van der Waals surface area contributed by atoms with Crippen molar-refractivity contribution in [2.75, 3.05) is 0 Å². The van der Waals surface area contributed by atoms with Crippen LogP contribution < -0.4 is 4.74 Å². The van der Waals surface area contributed by atoms with Gasteiger partial charge < -0.3 is 4.74 Å². The number of rotatable bonds is 4. The maximum absolute atomic E-state index is 11.0. The van der Waals surface area contributed by atoms with Crippen molar-refractivity contribution < 1.29 is 9.66 Å². The molecule has 0 unspecified atom stereocenters. The Morgan fingerprint density at radius 1 is 1.25 bits per heavy atom. The van der Waals surface area contributed by atoms with Crippen molar-refractivity contribution in [3.05, 3.63) is 62.1 Å². The van der Waals surface area contributed by atoms with Crippen molar-refractivity contribution in [1.29, 1.82) is 0 Å². The number of ether oxygens (including phenoxy) is 1. The molecule has 4 nitrogen and oxygen atoms in total. The van der Waals surface area contributed by atoms with Gasteiger partial charge in [-0.25, -0.2) is 0 Å². The Bertz CT molecular complexity index is 659. The number of aryl methyl sites for hydroxylation is 1. The number of alkyl halides is 1. The zero-order valence-corrected chi connectivity index (χ0v) is 13.8. The molecular formula is C14H11Br2NO3. The quantitative estimate of drug-likeness (QED) is 0.394. The molecule has 0 radical (unpaired) electrons. The third-order valence-electron chi connectivity index (χ3n) is 2.80. The molecular weight excluding hydrogens is 390 g/mol. The third-order valence-corrected chi connectivity index (χ3v) is 3.90. The molecule has 2 aromatic carbocycles. The topological polar surface area (TPSA) is 52.4 Å². The molecule has 0 saturated carbocycles. The van der Waals surface area contributed by atoms with E-state index in [4.69, 9.17) is 4.74 Å². The Balaban J connectivity index is 2.35. The minimum absolute atomic E-state index is 0.0680. The van der Waals surface area contributed by atoms with Gasteiger partial charge in [-0.2, -0.15) is 0 Å². The van der Waals surface area contributed by atoms with E-state index >= 15 is 0 Å². The van der Waals surface area contributed by atoms with Crippen molar-refractivity contribution >= 4 is 37.5 Å². The molecule has 2 rings (SSSR count). The van der Waals surface area contributed by atoms with Gasteiger partial charge in [0, 0.05) is 15.9 Å². The number of nitro benzene ring substituents is 1. The number of hydrogen-bond acceptors (Lipinski definition) is 3. The highest BCUT2D eigenvalue weighted by molar-refractivity contribution is 9.10. The summed E-state index contributed by atoms with van der Waals surface area (Å²) in [5.74, 6) is 0.807. The Kier molecular flexibility index (Phi) is 4.77. The molecule has 0 heterocycles. The molecule has 0 fully saturated rings.